The Hall–Kier alpha value is -1.98. The average Bonchev–Trinajstić information content (AvgIpc) is 2.59. The van der Waals surface area contributed by atoms with Gasteiger partial charge in [0.2, 0.25) is 0 Å². The van der Waals surface area contributed by atoms with Crippen molar-refractivity contribution in [3.63, 3.8) is 0 Å². The highest BCUT2D eigenvalue weighted by Gasteiger charge is 2.30. The zero-order valence-corrected chi connectivity index (χ0v) is 14.2. The molecule has 0 spiro atoms. The van der Waals surface area contributed by atoms with Crippen LogP contribution < -0.4 is 5.32 Å². The summed E-state index contributed by atoms with van der Waals surface area (Å²) < 4.78 is 5.28. The summed E-state index contributed by atoms with van der Waals surface area (Å²) in [5.74, 6) is 0.0660. The van der Waals surface area contributed by atoms with Crippen molar-refractivity contribution in [2.24, 2.45) is 0 Å². The summed E-state index contributed by atoms with van der Waals surface area (Å²) in [4.78, 5) is 17.4. The van der Waals surface area contributed by atoms with Crippen LogP contribution in [0.2, 0.25) is 0 Å². The zero-order chi connectivity index (χ0) is 17.2. The molecule has 2 N–H and O–H groups in total. The number of aromatic nitrogens is 1. The van der Waals surface area contributed by atoms with E-state index in [-0.39, 0.29) is 18.4 Å². The van der Waals surface area contributed by atoms with Gasteiger partial charge in [-0.15, -0.1) is 0 Å². The molecule has 0 aliphatic carbocycles. The van der Waals surface area contributed by atoms with Gasteiger partial charge in [0.25, 0.3) is 5.91 Å². The molecule has 2 heterocycles. The average molecular weight is 328 g/mol. The number of pyridine rings is 1. The smallest absolute Gasteiger partial charge is 0.252 e. The molecule has 24 heavy (non-hydrogen) atoms. The predicted molar refractivity (Wildman–Crippen MR) is 93.2 cm³/mol. The molecule has 5 nitrogen and oxygen atoms in total. The molecule has 3 rings (SSSR count). The van der Waals surface area contributed by atoms with Crippen LogP contribution >= 0.6 is 0 Å². The Morgan fingerprint density at radius 2 is 2.04 bits per heavy atom. The van der Waals surface area contributed by atoms with Gasteiger partial charge in [0.05, 0.1) is 16.7 Å². The second-order valence-corrected chi connectivity index (χ2v) is 6.79. The molecule has 1 fully saturated rings. The molecule has 0 saturated carbocycles. The molecule has 1 aliphatic rings. The Balaban J connectivity index is 1.85. The lowest BCUT2D eigenvalue weighted by atomic mass is 9.94. The van der Waals surface area contributed by atoms with Gasteiger partial charge < -0.3 is 15.2 Å². The summed E-state index contributed by atoms with van der Waals surface area (Å²) in [5.41, 5.74) is 1.44. The van der Waals surface area contributed by atoms with Crippen molar-refractivity contribution in [2.75, 3.05) is 19.8 Å². The number of ether oxygens (including phenoxy) is 1. The Labute approximate surface area is 142 Å². The minimum atomic E-state index is -0.877. The minimum absolute atomic E-state index is 0.171. The van der Waals surface area contributed by atoms with Crippen LogP contribution in [0.4, 0.5) is 0 Å². The van der Waals surface area contributed by atoms with Gasteiger partial charge in [-0.3, -0.25) is 9.78 Å². The van der Waals surface area contributed by atoms with Crippen LogP contribution in [0.25, 0.3) is 10.9 Å². The second kappa shape index (κ2) is 6.87. The molecule has 0 radical (unpaired) electrons. The molecular formula is C19H24N2O3. The molecular weight excluding hydrogens is 304 g/mol. The van der Waals surface area contributed by atoms with Crippen molar-refractivity contribution >= 4 is 16.8 Å². The van der Waals surface area contributed by atoms with E-state index in [2.05, 4.69) is 24.1 Å². The van der Waals surface area contributed by atoms with Crippen LogP contribution in [0.5, 0.6) is 0 Å². The summed E-state index contributed by atoms with van der Waals surface area (Å²) in [5, 5.41) is 14.2. The molecule has 0 atom stereocenters. The maximum absolute atomic E-state index is 12.7. The van der Waals surface area contributed by atoms with Crippen molar-refractivity contribution < 1.29 is 14.6 Å². The van der Waals surface area contributed by atoms with Gasteiger partial charge in [-0.25, -0.2) is 0 Å². The monoisotopic (exact) mass is 328 g/mol. The number of fused-ring (bicyclic) bond motifs is 1. The maximum Gasteiger partial charge on any atom is 0.252 e. The Kier molecular flexibility index (Phi) is 4.83. The van der Waals surface area contributed by atoms with Crippen molar-refractivity contribution in [2.45, 2.75) is 38.2 Å². The van der Waals surface area contributed by atoms with Crippen LogP contribution in [0.3, 0.4) is 0 Å². The van der Waals surface area contributed by atoms with E-state index >= 15 is 0 Å². The van der Waals surface area contributed by atoms with Gasteiger partial charge in [0.1, 0.15) is 0 Å². The molecule has 1 aliphatic heterocycles. The first-order valence-electron chi connectivity index (χ1n) is 8.46. The highest BCUT2D eigenvalue weighted by Crippen LogP contribution is 2.23. The van der Waals surface area contributed by atoms with Crippen LogP contribution in [-0.4, -0.2) is 41.4 Å². The van der Waals surface area contributed by atoms with Crippen LogP contribution in [-0.2, 0) is 4.74 Å². The third-order valence-electron chi connectivity index (χ3n) is 4.57. The predicted octanol–water partition coefficient (Wildman–Crippen LogP) is 2.63. The number of nitrogens with one attached hydrogen (secondary N) is 1. The quantitative estimate of drug-likeness (QED) is 0.905. The number of hydrogen-bond donors (Lipinski definition) is 2. The van der Waals surface area contributed by atoms with Gasteiger partial charge in [-0.05, 0) is 18.1 Å². The number of nitrogens with zero attached hydrogens (tertiary/aromatic N) is 1. The van der Waals surface area contributed by atoms with E-state index in [1.54, 1.807) is 0 Å². The van der Waals surface area contributed by atoms with Gasteiger partial charge in [0, 0.05) is 43.7 Å². The normalized spacial score (nSPS) is 17.2. The molecule has 1 aromatic heterocycles. The number of benzene rings is 1. The summed E-state index contributed by atoms with van der Waals surface area (Å²) in [6, 6.07) is 9.51. The number of carbonyl (C=O) groups is 1. The Morgan fingerprint density at radius 3 is 2.75 bits per heavy atom. The van der Waals surface area contributed by atoms with E-state index in [9.17, 15) is 9.90 Å². The molecule has 128 valence electrons. The van der Waals surface area contributed by atoms with E-state index in [0.29, 0.717) is 31.6 Å². The fourth-order valence-electron chi connectivity index (χ4n) is 2.95. The van der Waals surface area contributed by atoms with Gasteiger partial charge in [0.15, 0.2) is 0 Å². The van der Waals surface area contributed by atoms with E-state index in [1.807, 2.05) is 30.3 Å². The lowest BCUT2D eigenvalue weighted by molar-refractivity contribution is -0.0605. The molecule has 0 bridgehead atoms. The van der Waals surface area contributed by atoms with Crippen molar-refractivity contribution in [1.82, 2.24) is 10.3 Å². The lowest BCUT2D eigenvalue weighted by Crippen LogP contribution is -2.46. The second-order valence-electron chi connectivity index (χ2n) is 6.79. The fraction of sp³-hybridized carbons (Fsp3) is 0.474. The molecule has 1 amide bonds. The first kappa shape index (κ1) is 16.9. The standard InChI is InChI=1S/C19H24N2O3/c1-13(2)17-11-15(14-5-3-4-6-16(14)21-17)18(22)20-12-19(23)7-9-24-10-8-19/h3-6,11,13,23H,7-10,12H2,1-2H3,(H,20,22). The van der Waals surface area contributed by atoms with Crippen LogP contribution in [0.1, 0.15) is 48.7 Å². The Bertz CT molecular complexity index is 736. The number of carbonyl (C=O) groups excluding carboxylic acids is 1. The summed E-state index contributed by atoms with van der Waals surface area (Å²) in [7, 11) is 0. The van der Waals surface area contributed by atoms with E-state index in [1.165, 1.54) is 0 Å². The van der Waals surface area contributed by atoms with Crippen molar-refractivity contribution in [3.05, 3.63) is 41.6 Å². The molecule has 1 saturated heterocycles. The van der Waals surface area contributed by atoms with Gasteiger partial charge in [-0.2, -0.15) is 0 Å². The minimum Gasteiger partial charge on any atom is -0.388 e. The Morgan fingerprint density at radius 1 is 1.33 bits per heavy atom. The number of hydrogen-bond acceptors (Lipinski definition) is 4. The van der Waals surface area contributed by atoms with Crippen LogP contribution in [0, 0.1) is 0 Å². The van der Waals surface area contributed by atoms with E-state index in [4.69, 9.17) is 4.74 Å². The first-order chi connectivity index (χ1) is 11.5. The van der Waals surface area contributed by atoms with E-state index in [0.717, 1.165) is 16.6 Å². The first-order valence-corrected chi connectivity index (χ1v) is 8.46. The third kappa shape index (κ3) is 3.57. The molecule has 2 aromatic rings. The summed E-state index contributed by atoms with van der Waals surface area (Å²) >= 11 is 0. The highest BCUT2D eigenvalue weighted by molar-refractivity contribution is 6.06. The van der Waals surface area contributed by atoms with Crippen molar-refractivity contribution in [3.8, 4) is 0 Å². The largest absolute Gasteiger partial charge is 0.388 e. The number of aliphatic hydroxyl groups is 1. The third-order valence-corrected chi connectivity index (χ3v) is 4.57. The molecule has 0 unspecified atom stereocenters. The lowest BCUT2D eigenvalue weighted by Gasteiger charge is -2.32. The number of amides is 1. The fourth-order valence-corrected chi connectivity index (χ4v) is 2.95. The van der Waals surface area contributed by atoms with Gasteiger partial charge in [-0.1, -0.05) is 32.0 Å². The van der Waals surface area contributed by atoms with Gasteiger partial charge >= 0.3 is 0 Å². The summed E-state index contributed by atoms with van der Waals surface area (Å²) in [6.07, 6.45) is 1.09. The summed E-state index contributed by atoms with van der Waals surface area (Å²) in [6.45, 7) is 5.42. The number of rotatable bonds is 4. The van der Waals surface area contributed by atoms with Crippen LogP contribution in [0.15, 0.2) is 30.3 Å². The SMILES string of the molecule is CC(C)c1cc(C(=O)NCC2(O)CCOCC2)c2ccccc2n1. The van der Waals surface area contributed by atoms with E-state index < -0.39 is 5.60 Å². The number of para-hydroxylation sites is 1. The molecule has 1 aromatic carbocycles. The van der Waals surface area contributed by atoms with Crippen molar-refractivity contribution in [1.29, 1.82) is 0 Å². The topological polar surface area (TPSA) is 71.5 Å². The maximum atomic E-state index is 12.7. The zero-order valence-electron chi connectivity index (χ0n) is 14.2. The highest BCUT2D eigenvalue weighted by atomic mass is 16.5. The molecule has 5 heteroatoms.